The number of amides is 2. The number of hydrogen-bond acceptors (Lipinski definition) is 8. The Morgan fingerprint density at radius 3 is 2.61 bits per heavy atom. The van der Waals surface area contributed by atoms with Crippen LogP contribution in [0.5, 0.6) is 0 Å². The van der Waals surface area contributed by atoms with Crippen LogP contribution in [0.2, 0.25) is 0 Å². The molecule has 0 bridgehead atoms. The number of fused-ring (bicyclic) bond motifs is 1. The molecule has 1 aliphatic heterocycles. The van der Waals surface area contributed by atoms with Gasteiger partial charge in [-0.15, -0.1) is 0 Å². The van der Waals surface area contributed by atoms with Gasteiger partial charge in [-0.05, 0) is 45.4 Å². The van der Waals surface area contributed by atoms with Crippen LogP contribution in [0.25, 0.3) is 6.08 Å². The molecule has 1 aromatic rings. The van der Waals surface area contributed by atoms with Crippen molar-refractivity contribution in [3.8, 4) is 0 Å². The Morgan fingerprint density at radius 2 is 1.97 bits per heavy atom. The van der Waals surface area contributed by atoms with Crippen LogP contribution in [0.3, 0.4) is 0 Å². The van der Waals surface area contributed by atoms with Gasteiger partial charge in [-0.25, -0.2) is 19.6 Å². The van der Waals surface area contributed by atoms with Gasteiger partial charge in [0.25, 0.3) is 5.91 Å². The zero-order valence-corrected chi connectivity index (χ0v) is 19.8. The summed E-state index contributed by atoms with van der Waals surface area (Å²) in [6.45, 7) is 7.85. The molecule has 1 aromatic carbocycles. The Balaban J connectivity index is 2.10. The summed E-state index contributed by atoms with van der Waals surface area (Å²) in [4.78, 5) is 46.7. The van der Waals surface area contributed by atoms with Crippen LogP contribution in [-0.2, 0) is 19.1 Å². The lowest BCUT2D eigenvalue weighted by Crippen LogP contribution is -2.38. The first-order chi connectivity index (χ1) is 15.5. The minimum atomic E-state index is -0.601. The Morgan fingerprint density at radius 1 is 1.24 bits per heavy atom. The van der Waals surface area contributed by atoms with E-state index in [-0.39, 0.29) is 31.3 Å². The van der Waals surface area contributed by atoms with Crippen molar-refractivity contribution in [3.05, 3.63) is 34.9 Å². The van der Waals surface area contributed by atoms with Crippen LogP contribution in [-0.4, -0.2) is 61.3 Å². The van der Waals surface area contributed by atoms with Gasteiger partial charge in [-0.2, -0.15) is 0 Å². The third kappa shape index (κ3) is 7.90. The first kappa shape index (κ1) is 25.9. The fourth-order valence-corrected chi connectivity index (χ4v) is 2.98. The molecule has 10 heteroatoms. The standard InChI is InChI=1S/C23H32N4O6/c1-6-10-27(32-11-9-25-22(30)33-23(2,3)4)20(28)17-12-15-7-8-16(21(29)31-5)13-18(15)26-19(24)14-17/h7-8,12-13H,6,9-11,14H2,1-5H3,(H2,24,26)(H,25,30). The smallest absolute Gasteiger partial charge is 0.407 e. The number of ether oxygens (including phenoxy) is 2. The van der Waals surface area contributed by atoms with E-state index in [9.17, 15) is 14.4 Å². The third-order valence-electron chi connectivity index (χ3n) is 4.36. The van der Waals surface area contributed by atoms with Gasteiger partial charge in [0.05, 0.1) is 25.0 Å². The van der Waals surface area contributed by atoms with Crippen molar-refractivity contribution in [1.29, 1.82) is 0 Å². The van der Waals surface area contributed by atoms with Crippen molar-refractivity contribution < 1.29 is 28.7 Å². The number of hydroxylamine groups is 2. The second-order valence-electron chi connectivity index (χ2n) is 8.38. The molecule has 10 nitrogen and oxygen atoms in total. The van der Waals surface area contributed by atoms with Crippen molar-refractivity contribution in [2.45, 2.75) is 46.1 Å². The second-order valence-corrected chi connectivity index (χ2v) is 8.38. The summed E-state index contributed by atoms with van der Waals surface area (Å²) in [6, 6.07) is 4.86. The van der Waals surface area contributed by atoms with Crippen molar-refractivity contribution in [1.82, 2.24) is 10.4 Å². The molecule has 0 atom stereocenters. The number of carbonyl (C=O) groups is 3. The molecule has 2 rings (SSSR count). The molecule has 33 heavy (non-hydrogen) atoms. The molecule has 1 aliphatic rings. The van der Waals surface area contributed by atoms with Gasteiger partial charge in [-0.3, -0.25) is 9.63 Å². The molecular formula is C23H32N4O6. The van der Waals surface area contributed by atoms with Crippen LogP contribution in [0, 0.1) is 0 Å². The molecule has 0 saturated carbocycles. The van der Waals surface area contributed by atoms with Crippen LogP contribution < -0.4 is 11.1 Å². The normalized spacial score (nSPS) is 13.1. The summed E-state index contributed by atoms with van der Waals surface area (Å²) in [5, 5.41) is 3.84. The summed E-state index contributed by atoms with van der Waals surface area (Å²) in [5.74, 6) is -0.603. The van der Waals surface area contributed by atoms with E-state index in [0.29, 0.717) is 35.4 Å². The van der Waals surface area contributed by atoms with Crippen LogP contribution in [0.4, 0.5) is 10.5 Å². The van der Waals surface area contributed by atoms with Gasteiger partial charge in [0, 0.05) is 30.6 Å². The minimum Gasteiger partial charge on any atom is -0.465 e. The number of nitrogens with two attached hydrogens (primary N) is 1. The van der Waals surface area contributed by atoms with Gasteiger partial charge < -0.3 is 20.5 Å². The number of benzene rings is 1. The van der Waals surface area contributed by atoms with Crippen LogP contribution in [0.15, 0.2) is 28.8 Å². The molecule has 0 saturated heterocycles. The molecule has 1 heterocycles. The lowest BCUT2D eigenvalue weighted by Gasteiger charge is -2.23. The summed E-state index contributed by atoms with van der Waals surface area (Å²) in [5.41, 5.74) is 7.29. The van der Waals surface area contributed by atoms with Crippen molar-refractivity contribution in [2.75, 3.05) is 26.8 Å². The number of methoxy groups -OCH3 is 1. The number of rotatable bonds is 8. The Kier molecular flexibility index (Phi) is 8.98. The van der Waals surface area contributed by atoms with E-state index in [1.807, 2.05) is 6.92 Å². The van der Waals surface area contributed by atoms with Crippen molar-refractivity contribution in [3.63, 3.8) is 0 Å². The molecule has 0 radical (unpaired) electrons. The second kappa shape index (κ2) is 11.5. The summed E-state index contributed by atoms with van der Waals surface area (Å²) >= 11 is 0. The summed E-state index contributed by atoms with van der Waals surface area (Å²) in [7, 11) is 1.30. The van der Waals surface area contributed by atoms with E-state index in [4.69, 9.17) is 20.0 Å². The predicted molar refractivity (Wildman–Crippen MR) is 124 cm³/mol. The van der Waals surface area contributed by atoms with E-state index < -0.39 is 17.7 Å². The summed E-state index contributed by atoms with van der Waals surface area (Å²) < 4.78 is 9.92. The first-order valence-corrected chi connectivity index (χ1v) is 10.7. The van der Waals surface area contributed by atoms with Gasteiger partial charge in [0.2, 0.25) is 0 Å². The highest BCUT2D eigenvalue weighted by Crippen LogP contribution is 2.28. The zero-order valence-electron chi connectivity index (χ0n) is 19.8. The van der Waals surface area contributed by atoms with Crippen molar-refractivity contribution in [2.24, 2.45) is 10.7 Å². The molecule has 0 aromatic heterocycles. The molecule has 0 aliphatic carbocycles. The Hall–Kier alpha value is -3.40. The van der Waals surface area contributed by atoms with Crippen LogP contribution in [0.1, 0.15) is 56.5 Å². The highest BCUT2D eigenvalue weighted by atomic mass is 16.7. The number of carbonyl (C=O) groups excluding carboxylic acids is 3. The predicted octanol–water partition coefficient (Wildman–Crippen LogP) is 2.94. The molecule has 180 valence electrons. The maximum Gasteiger partial charge on any atom is 0.407 e. The quantitative estimate of drug-likeness (QED) is 0.346. The van der Waals surface area contributed by atoms with Crippen LogP contribution >= 0.6 is 0 Å². The molecule has 2 amide bonds. The summed E-state index contributed by atoms with van der Waals surface area (Å²) in [6.07, 6.45) is 1.92. The number of hydrogen-bond donors (Lipinski definition) is 2. The van der Waals surface area contributed by atoms with E-state index in [1.165, 1.54) is 12.2 Å². The molecule has 3 N–H and O–H groups in total. The molecule has 0 spiro atoms. The number of amidine groups is 1. The lowest BCUT2D eigenvalue weighted by atomic mass is 10.0. The number of aliphatic imine (C=N–C) groups is 1. The van der Waals surface area contributed by atoms with Gasteiger partial charge in [0.15, 0.2) is 0 Å². The number of esters is 1. The van der Waals surface area contributed by atoms with E-state index >= 15 is 0 Å². The highest BCUT2D eigenvalue weighted by Gasteiger charge is 2.23. The molecule has 0 fully saturated rings. The topological polar surface area (TPSA) is 133 Å². The van der Waals surface area contributed by atoms with Crippen molar-refractivity contribution >= 4 is 35.6 Å². The fraction of sp³-hybridized carbons (Fsp3) is 0.478. The van der Waals surface area contributed by atoms with Gasteiger partial charge in [0.1, 0.15) is 11.4 Å². The molecular weight excluding hydrogens is 428 g/mol. The average molecular weight is 461 g/mol. The minimum absolute atomic E-state index is 0.0842. The maximum absolute atomic E-state index is 13.2. The van der Waals surface area contributed by atoms with E-state index in [1.54, 1.807) is 45.0 Å². The maximum atomic E-state index is 13.2. The highest BCUT2D eigenvalue weighted by molar-refractivity contribution is 6.05. The largest absolute Gasteiger partial charge is 0.465 e. The Labute approximate surface area is 193 Å². The molecule has 0 unspecified atom stereocenters. The zero-order chi connectivity index (χ0) is 24.6. The van der Waals surface area contributed by atoms with E-state index in [2.05, 4.69) is 10.3 Å². The van der Waals surface area contributed by atoms with E-state index in [0.717, 1.165) is 0 Å². The first-order valence-electron chi connectivity index (χ1n) is 10.7. The average Bonchev–Trinajstić information content (AvgIpc) is 2.90. The fourth-order valence-electron chi connectivity index (χ4n) is 2.98. The third-order valence-corrected chi connectivity index (χ3v) is 4.36. The lowest BCUT2D eigenvalue weighted by molar-refractivity contribution is -0.181. The number of alkyl carbamates (subject to hydrolysis) is 1. The SMILES string of the molecule is CCCN(OCCNC(=O)OC(C)(C)C)C(=O)C1=Cc2ccc(C(=O)OC)cc2N=C(N)C1. The van der Waals surface area contributed by atoms with Gasteiger partial charge in [-0.1, -0.05) is 13.0 Å². The van der Waals surface area contributed by atoms with Gasteiger partial charge >= 0.3 is 12.1 Å². The number of nitrogens with one attached hydrogen (secondary N) is 1. The monoisotopic (exact) mass is 460 g/mol. The Bertz CT molecular complexity index is 949. The number of nitrogens with zero attached hydrogens (tertiary/aromatic N) is 2.